The lowest BCUT2D eigenvalue weighted by atomic mass is 9.94. The Morgan fingerprint density at radius 1 is 0.385 bits per heavy atom. The second-order valence-electron chi connectivity index (χ2n) is 23.6. The number of rotatable bonds is 14. The molecule has 12 aromatic rings. The summed E-state index contributed by atoms with van der Waals surface area (Å²) in [6, 6.07) is 61.5. The standard InChI is InChI=1S/2C25H22F2N2O.C16H11F2NO2.C9H13N/c2*1-25(2,20-6-4-3-5-7-20)28-24(30)18-9-11-23-17(14-18)12-13-29(23)16-19-8-10-21(26)15-22(19)27;17-13-3-1-12(14(18)8-13)9-19-6-5-10-7-11(16(20)21)2-4-15(10)19;1-9(2,10)8-6-4-3-5-7-8/h2*3-15H,16H2,1-2H3,(H,28,30);1-8H,9H2,(H,20,21);3-7H,10H2,1-2H3. The molecule has 0 aliphatic heterocycles. The molecule has 0 radical (unpaired) electrons. The lowest BCUT2D eigenvalue weighted by Gasteiger charge is -2.27. The number of halogens is 6. The monoisotopic (exact) mass is 1230 g/mol. The highest BCUT2D eigenvalue weighted by molar-refractivity contribution is 5.99. The first-order valence-corrected chi connectivity index (χ1v) is 29.2. The summed E-state index contributed by atoms with van der Waals surface area (Å²) in [6.45, 7) is 12.7. The number of benzene rings is 9. The van der Waals surface area contributed by atoms with Gasteiger partial charge in [-0.2, -0.15) is 0 Å². The van der Waals surface area contributed by atoms with E-state index in [1.54, 1.807) is 41.1 Å². The average Bonchev–Trinajstić information content (AvgIpc) is 1.78. The minimum Gasteiger partial charge on any atom is -0.478 e. The zero-order chi connectivity index (χ0) is 65.2. The van der Waals surface area contributed by atoms with Crippen LogP contribution in [0.2, 0.25) is 0 Å². The van der Waals surface area contributed by atoms with Crippen LogP contribution in [0.1, 0.15) is 106 Å². The smallest absolute Gasteiger partial charge is 0.335 e. The first-order valence-electron chi connectivity index (χ1n) is 29.2. The largest absolute Gasteiger partial charge is 0.478 e. The van der Waals surface area contributed by atoms with Gasteiger partial charge in [0.25, 0.3) is 11.8 Å². The fraction of sp³-hybridized carbons (Fsp3) is 0.160. The Labute approximate surface area is 523 Å². The highest BCUT2D eigenvalue weighted by atomic mass is 19.2. The van der Waals surface area contributed by atoms with Crippen molar-refractivity contribution in [1.82, 2.24) is 24.3 Å². The Morgan fingerprint density at radius 3 is 0.967 bits per heavy atom. The molecule has 464 valence electrons. The Hall–Kier alpha value is -10.5. The summed E-state index contributed by atoms with van der Waals surface area (Å²) in [7, 11) is 0. The normalized spacial score (nSPS) is 11.4. The highest BCUT2D eigenvalue weighted by Gasteiger charge is 2.25. The summed E-state index contributed by atoms with van der Waals surface area (Å²) in [5.41, 5.74) is 12.9. The summed E-state index contributed by atoms with van der Waals surface area (Å²) < 4.78 is 86.4. The number of amides is 2. The van der Waals surface area contributed by atoms with Crippen LogP contribution < -0.4 is 16.4 Å². The highest BCUT2D eigenvalue weighted by Crippen LogP contribution is 2.27. The van der Waals surface area contributed by atoms with Crippen molar-refractivity contribution in [3.05, 3.63) is 322 Å². The molecule has 0 aliphatic rings. The predicted molar refractivity (Wildman–Crippen MR) is 347 cm³/mol. The van der Waals surface area contributed by atoms with Gasteiger partial charge < -0.3 is 35.2 Å². The quantitative estimate of drug-likeness (QED) is 0.0804. The van der Waals surface area contributed by atoms with Crippen molar-refractivity contribution in [2.75, 3.05) is 0 Å². The van der Waals surface area contributed by atoms with Gasteiger partial charge in [-0.25, -0.2) is 31.1 Å². The molecule has 91 heavy (non-hydrogen) atoms. The number of aromatic carboxylic acids is 1. The molecule has 9 aromatic carbocycles. The maximum Gasteiger partial charge on any atom is 0.335 e. The van der Waals surface area contributed by atoms with Gasteiger partial charge in [-0.05, 0) is 149 Å². The number of carboxylic acid groups (broad SMARTS) is 1. The number of hydrogen-bond acceptors (Lipinski definition) is 4. The average molecular weight is 1230 g/mol. The topological polar surface area (TPSA) is 136 Å². The molecule has 0 aliphatic carbocycles. The van der Waals surface area contributed by atoms with Crippen LogP contribution in [0.5, 0.6) is 0 Å². The van der Waals surface area contributed by atoms with Crippen molar-refractivity contribution in [2.24, 2.45) is 5.73 Å². The van der Waals surface area contributed by atoms with Gasteiger partial charge in [0.2, 0.25) is 0 Å². The second kappa shape index (κ2) is 27.9. The number of carbonyl (C=O) groups excluding carboxylic acids is 2. The molecule has 3 aromatic heterocycles. The zero-order valence-corrected chi connectivity index (χ0v) is 51.0. The Kier molecular flexibility index (Phi) is 20.0. The SMILES string of the molecule is CC(C)(N)c1ccccc1.CC(C)(NC(=O)c1ccc2c(ccn2Cc2ccc(F)cc2F)c1)c1ccccc1.CC(C)(NC(=O)c1ccc2c(ccn2Cc2ccc(F)cc2F)c1)c1ccccc1.O=C(O)c1ccc2c(ccn2Cc2ccc(F)cc2F)c1. The summed E-state index contributed by atoms with van der Waals surface area (Å²) in [5, 5.41) is 17.6. The third-order valence-electron chi connectivity index (χ3n) is 15.5. The molecule has 0 atom stereocenters. The van der Waals surface area contributed by atoms with Gasteiger partial charge in [-0.15, -0.1) is 0 Å². The zero-order valence-electron chi connectivity index (χ0n) is 51.0. The molecule has 0 unspecified atom stereocenters. The summed E-state index contributed by atoms with van der Waals surface area (Å²) >= 11 is 0. The lowest BCUT2D eigenvalue weighted by Crippen LogP contribution is -2.40. The van der Waals surface area contributed by atoms with Gasteiger partial charge in [0, 0.05) is 103 Å². The maximum atomic E-state index is 14.0. The van der Waals surface area contributed by atoms with Crippen molar-refractivity contribution in [2.45, 2.75) is 77.8 Å². The van der Waals surface area contributed by atoms with Crippen molar-refractivity contribution in [3.63, 3.8) is 0 Å². The molecule has 12 rings (SSSR count). The second-order valence-corrected chi connectivity index (χ2v) is 23.6. The van der Waals surface area contributed by atoms with E-state index in [-0.39, 0.29) is 42.6 Å². The Bertz CT molecular complexity index is 4340. The summed E-state index contributed by atoms with van der Waals surface area (Å²) in [6.07, 6.45) is 5.42. The van der Waals surface area contributed by atoms with E-state index in [9.17, 15) is 40.7 Å². The van der Waals surface area contributed by atoms with Crippen LogP contribution in [0, 0.1) is 34.9 Å². The van der Waals surface area contributed by atoms with Gasteiger partial charge >= 0.3 is 5.97 Å². The van der Waals surface area contributed by atoms with E-state index in [0.717, 1.165) is 62.0 Å². The summed E-state index contributed by atoms with van der Waals surface area (Å²) in [5.74, 6) is -4.86. The fourth-order valence-corrected chi connectivity index (χ4v) is 10.4. The van der Waals surface area contributed by atoms with E-state index in [4.69, 9.17) is 10.8 Å². The molecule has 16 heteroatoms. The molecule has 0 fully saturated rings. The molecular weight excluding hydrogens is 1160 g/mol. The number of fused-ring (bicyclic) bond motifs is 3. The number of nitrogens with one attached hydrogen (secondary N) is 2. The van der Waals surface area contributed by atoms with Crippen molar-refractivity contribution in [3.8, 4) is 0 Å². The minimum atomic E-state index is -0.991. The molecule has 10 nitrogen and oxygen atoms in total. The van der Waals surface area contributed by atoms with E-state index in [0.29, 0.717) is 27.8 Å². The third kappa shape index (κ3) is 16.4. The van der Waals surface area contributed by atoms with E-state index < -0.39 is 52.0 Å². The van der Waals surface area contributed by atoms with E-state index in [2.05, 4.69) is 10.6 Å². The van der Waals surface area contributed by atoms with Gasteiger partial charge in [-0.1, -0.05) is 109 Å². The molecule has 0 spiro atoms. The molecule has 0 saturated heterocycles. The molecule has 0 saturated carbocycles. The number of carbonyl (C=O) groups is 3. The fourth-order valence-electron chi connectivity index (χ4n) is 10.4. The van der Waals surface area contributed by atoms with Crippen LogP contribution in [0.4, 0.5) is 26.3 Å². The first kappa shape index (κ1) is 65.0. The predicted octanol–water partition coefficient (Wildman–Crippen LogP) is 16.8. The Balaban J connectivity index is 0.000000152. The van der Waals surface area contributed by atoms with Gasteiger partial charge in [-0.3, -0.25) is 9.59 Å². The summed E-state index contributed by atoms with van der Waals surface area (Å²) in [4.78, 5) is 36.6. The van der Waals surface area contributed by atoms with Crippen LogP contribution in [-0.4, -0.2) is 36.6 Å². The maximum absolute atomic E-state index is 14.0. The molecule has 3 heterocycles. The van der Waals surface area contributed by atoms with Crippen molar-refractivity contribution >= 4 is 50.5 Å². The molecule has 2 amide bonds. The minimum absolute atomic E-state index is 0.164. The lowest BCUT2D eigenvalue weighted by molar-refractivity contribution is 0.0696. The Morgan fingerprint density at radius 2 is 0.681 bits per heavy atom. The van der Waals surface area contributed by atoms with Crippen LogP contribution in [0.3, 0.4) is 0 Å². The first-order chi connectivity index (χ1) is 43.3. The van der Waals surface area contributed by atoms with Gasteiger partial charge in [0.05, 0.1) is 36.3 Å². The van der Waals surface area contributed by atoms with Crippen molar-refractivity contribution < 1.29 is 45.8 Å². The van der Waals surface area contributed by atoms with Gasteiger partial charge in [0.1, 0.15) is 34.9 Å². The van der Waals surface area contributed by atoms with E-state index >= 15 is 0 Å². The van der Waals surface area contributed by atoms with Crippen molar-refractivity contribution in [1.29, 1.82) is 0 Å². The third-order valence-corrected chi connectivity index (χ3v) is 15.5. The number of nitrogens with zero attached hydrogens (tertiary/aromatic N) is 3. The molecule has 5 N–H and O–H groups in total. The number of carboxylic acids is 1. The van der Waals surface area contributed by atoms with E-state index in [1.165, 1.54) is 48.0 Å². The van der Waals surface area contributed by atoms with Crippen LogP contribution >= 0.6 is 0 Å². The number of hydrogen-bond donors (Lipinski definition) is 4. The molecular formula is C75H68F6N6O4. The van der Waals surface area contributed by atoms with Crippen LogP contribution in [0.15, 0.2) is 237 Å². The van der Waals surface area contributed by atoms with Crippen LogP contribution in [-0.2, 0) is 36.3 Å². The van der Waals surface area contributed by atoms with E-state index in [1.807, 2.05) is 190 Å². The van der Waals surface area contributed by atoms with Gasteiger partial charge in [0.15, 0.2) is 0 Å². The number of aromatic nitrogens is 3. The number of nitrogens with two attached hydrogens (primary N) is 1. The molecule has 0 bridgehead atoms. The van der Waals surface area contributed by atoms with Crippen LogP contribution in [0.25, 0.3) is 32.7 Å².